The molecule has 70 valence electrons. The highest BCUT2D eigenvalue weighted by molar-refractivity contribution is 5.20. The number of benzene rings is 1. The van der Waals surface area contributed by atoms with Gasteiger partial charge in [0.15, 0.2) is 0 Å². The fourth-order valence-corrected chi connectivity index (χ4v) is 1.90. The van der Waals surface area contributed by atoms with Gasteiger partial charge < -0.3 is 10.4 Å². The second kappa shape index (κ2) is 3.90. The minimum absolute atomic E-state index is 0.182. The Kier molecular flexibility index (Phi) is 2.62. The van der Waals surface area contributed by atoms with Crippen LogP contribution in [0, 0.1) is 0 Å². The van der Waals surface area contributed by atoms with Crippen molar-refractivity contribution in [1.29, 1.82) is 0 Å². The van der Waals surface area contributed by atoms with E-state index in [1.54, 1.807) is 0 Å². The number of nitrogens with one attached hydrogen (secondary N) is 1. The van der Waals surface area contributed by atoms with Crippen LogP contribution < -0.4 is 5.32 Å². The molecule has 0 aromatic heterocycles. The normalized spacial score (nSPS) is 28.7. The zero-order valence-electron chi connectivity index (χ0n) is 7.61. The molecule has 2 unspecified atom stereocenters. The Morgan fingerprint density at radius 3 is 2.62 bits per heavy atom. The Labute approximate surface area is 78.6 Å². The van der Waals surface area contributed by atoms with Gasteiger partial charge in [-0.3, -0.25) is 0 Å². The maximum absolute atomic E-state index is 9.48. The van der Waals surface area contributed by atoms with E-state index in [-0.39, 0.29) is 6.10 Å². The van der Waals surface area contributed by atoms with Crippen LogP contribution in [0.1, 0.15) is 17.9 Å². The van der Waals surface area contributed by atoms with E-state index >= 15 is 0 Å². The van der Waals surface area contributed by atoms with Crippen LogP contribution in [-0.4, -0.2) is 24.3 Å². The molecule has 1 aromatic rings. The van der Waals surface area contributed by atoms with Crippen molar-refractivity contribution >= 4 is 0 Å². The predicted molar refractivity (Wildman–Crippen MR) is 52.7 cm³/mol. The quantitative estimate of drug-likeness (QED) is 0.674. The number of piperidine rings is 1. The van der Waals surface area contributed by atoms with E-state index in [0.29, 0.717) is 5.92 Å². The second-order valence-electron chi connectivity index (χ2n) is 3.66. The number of aliphatic hydroxyl groups excluding tert-OH is 1. The topological polar surface area (TPSA) is 32.3 Å². The molecule has 0 aliphatic carbocycles. The van der Waals surface area contributed by atoms with Gasteiger partial charge in [0, 0.05) is 13.1 Å². The summed E-state index contributed by atoms with van der Waals surface area (Å²) in [5.74, 6) is 0.477. The van der Waals surface area contributed by atoms with Crippen molar-refractivity contribution < 1.29 is 5.11 Å². The summed E-state index contributed by atoms with van der Waals surface area (Å²) in [5, 5.41) is 12.7. The van der Waals surface area contributed by atoms with Gasteiger partial charge in [-0.2, -0.15) is 0 Å². The van der Waals surface area contributed by atoms with E-state index in [2.05, 4.69) is 29.6 Å². The van der Waals surface area contributed by atoms with Crippen molar-refractivity contribution in [1.82, 2.24) is 5.32 Å². The summed E-state index contributed by atoms with van der Waals surface area (Å²) in [6.07, 6.45) is 0.704. The van der Waals surface area contributed by atoms with Crippen LogP contribution in [0.25, 0.3) is 0 Å². The van der Waals surface area contributed by atoms with Gasteiger partial charge in [0.25, 0.3) is 0 Å². The molecule has 2 heteroatoms. The molecular weight excluding hydrogens is 162 g/mol. The summed E-state index contributed by atoms with van der Waals surface area (Å²) in [5.41, 5.74) is 1.33. The Balaban J connectivity index is 2.08. The first-order valence-electron chi connectivity index (χ1n) is 4.80. The molecule has 0 saturated carbocycles. The fourth-order valence-electron chi connectivity index (χ4n) is 1.90. The van der Waals surface area contributed by atoms with E-state index in [4.69, 9.17) is 0 Å². The Morgan fingerprint density at radius 2 is 1.92 bits per heavy atom. The number of aliphatic hydroxyl groups is 1. The third kappa shape index (κ3) is 2.08. The molecule has 1 aromatic carbocycles. The molecule has 2 atom stereocenters. The first-order chi connectivity index (χ1) is 6.36. The van der Waals surface area contributed by atoms with E-state index in [0.717, 1.165) is 19.5 Å². The molecule has 0 radical (unpaired) electrons. The first-order valence-corrected chi connectivity index (χ1v) is 4.80. The number of hydrogen-bond donors (Lipinski definition) is 2. The minimum Gasteiger partial charge on any atom is -0.392 e. The molecule has 1 saturated heterocycles. The lowest BCUT2D eigenvalue weighted by molar-refractivity contribution is 0.132. The van der Waals surface area contributed by atoms with Gasteiger partial charge >= 0.3 is 0 Å². The van der Waals surface area contributed by atoms with Gasteiger partial charge in [-0.15, -0.1) is 0 Å². The lowest BCUT2D eigenvalue weighted by Gasteiger charge is -2.27. The van der Waals surface area contributed by atoms with E-state index in [1.165, 1.54) is 5.56 Å². The van der Waals surface area contributed by atoms with Crippen LogP contribution >= 0.6 is 0 Å². The maximum atomic E-state index is 9.48. The molecule has 2 nitrogen and oxygen atoms in total. The van der Waals surface area contributed by atoms with Crippen molar-refractivity contribution in [3.05, 3.63) is 35.9 Å². The zero-order valence-corrected chi connectivity index (χ0v) is 7.61. The Bertz CT molecular complexity index is 260. The fraction of sp³-hybridized carbons (Fsp3) is 0.455. The molecule has 1 fully saturated rings. The molecule has 0 amide bonds. The molecule has 1 aliphatic rings. The summed E-state index contributed by atoms with van der Waals surface area (Å²) < 4.78 is 0. The highest BCUT2D eigenvalue weighted by Gasteiger charge is 2.20. The van der Waals surface area contributed by atoms with Crippen molar-refractivity contribution in [2.24, 2.45) is 0 Å². The maximum Gasteiger partial charge on any atom is 0.0670 e. The molecule has 1 aliphatic heterocycles. The summed E-state index contributed by atoms with van der Waals surface area (Å²) in [4.78, 5) is 0. The minimum atomic E-state index is -0.182. The Hall–Kier alpha value is -0.860. The lowest BCUT2D eigenvalue weighted by Crippen LogP contribution is -2.38. The SMILES string of the molecule is OC1CNCC(c2ccccc2)C1. The van der Waals surface area contributed by atoms with Crippen molar-refractivity contribution in [3.8, 4) is 0 Å². The second-order valence-corrected chi connectivity index (χ2v) is 3.66. The van der Waals surface area contributed by atoms with E-state index in [1.807, 2.05) is 6.07 Å². The van der Waals surface area contributed by atoms with Crippen LogP contribution in [0.15, 0.2) is 30.3 Å². The third-order valence-corrected chi connectivity index (χ3v) is 2.60. The van der Waals surface area contributed by atoms with Crippen molar-refractivity contribution in [3.63, 3.8) is 0 Å². The van der Waals surface area contributed by atoms with E-state index < -0.39 is 0 Å². The lowest BCUT2D eigenvalue weighted by atomic mass is 9.90. The van der Waals surface area contributed by atoms with Crippen LogP contribution in [-0.2, 0) is 0 Å². The monoisotopic (exact) mass is 177 g/mol. The third-order valence-electron chi connectivity index (χ3n) is 2.60. The van der Waals surface area contributed by atoms with Crippen molar-refractivity contribution in [2.45, 2.75) is 18.4 Å². The number of hydrogen-bond acceptors (Lipinski definition) is 2. The summed E-state index contributed by atoms with van der Waals surface area (Å²) in [6, 6.07) is 10.4. The van der Waals surface area contributed by atoms with Gasteiger partial charge in [-0.05, 0) is 17.9 Å². The average Bonchev–Trinajstić information content (AvgIpc) is 2.19. The van der Waals surface area contributed by atoms with Gasteiger partial charge in [-0.1, -0.05) is 30.3 Å². The number of rotatable bonds is 1. The van der Waals surface area contributed by atoms with Crippen LogP contribution in [0.3, 0.4) is 0 Å². The first kappa shape index (κ1) is 8.73. The van der Waals surface area contributed by atoms with Crippen molar-refractivity contribution in [2.75, 3.05) is 13.1 Å². The van der Waals surface area contributed by atoms with Gasteiger partial charge in [-0.25, -0.2) is 0 Å². The van der Waals surface area contributed by atoms with E-state index in [9.17, 15) is 5.11 Å². The molecule has 13 heavy (non-hydrogen) atoms. The average molecular weight is 177 g/mol. The standard InChI is InChI=1S/C11H15NO/c13-11-6-10(7-12-8-11)9-4-2-1-3-5-9/h1-5,10-13H,6-8H2. The summed E-state index contributed by atoms with van der Waals surface area (Å²) in [6.45, 7) is 1.73. The molecular formula is C11H15NO. The Morgan fingerprint density at radius 1 is 1.15 bits per heavy atom. The predicted octanol–water partition coefficient (Wildman–Crippen LogP) is 1.12. The highest BCUT2D eigenvalue weighted by atomic mass is 16.3. The summed E-state index contributed by atoms with van der Waals surface area (Å²) in [7, 11) is 0. The molecule has 0 spiro atoms. The van der Waals surface area contributed by atoms with Crippen LogP contribution in [0.4, 0.5) is 0 Å². The largest absolute Gasteiger partial charge is 0.392 e. The molecule has 2 rings (SSSR count). The highest BCUT2D eigenvalue weighted by Crippen LogP contribution is 2.22. The summed E-state index contributed by atoms with van der Waals surface area (Å²) >= 11 is 0. The number of β-amino-alcohol motifs (C(OH)–C–C–N with tert-alkyl or cyclic N) is 1. The van der Waals surface area contributed by atoms with Gasteiger partial charge in [0.2, 0.25) is 0 Å². The molecule has 1 heterocycles. The van der Waals surface area contributed by atoms with Crippen LogP contribution in [0.5, 0.6) is 0 Å². The van der Waals surface area contributed by atoms with Gasteiger partial charge in [0.05, 0.1) is 6.10 Å². The zero-order chi connectivity index (χ0) is 9.10. The smallest absolute Gasteiger partial charge is 0.0670 e. The molecule has 2 N–H and O–H groups in total. The van der Waals surface area contributed by atoms with Crippen LogP contribution in [0.2, 0.25) is 0 Å². The molecule has 0 bridgehead atoms. The van der Waals surface area contributed by atoms with Gasteiger partial charge in [0.1, 0.15) is 0 Å².